The van der Waals surface area contributed by atoms with Gasteiger partial charge >= 0.3 is 0 Å². The van der Waals surface area contributed by atoms with Crippen molar-refractivity contribution in [1.82, 2.24) is 5.32 Å². The minimum absolute atomic E-state index is 0.500. The van der Waals surface area contributed by atoms with E-state index in [0.29, 0.717) is 21.9 Å². The maximum absolute atomic E-state index is 6.12. The molecule has 1 nitrogen and oxygen atoms in total. The van der Waals surface area contributed by atoms with Crippen molar-refractivity contribution < 1.29 is 0 Å². The predicted molar refractivity (Wildman–Crippen MR) is 81.8 cm³/mol. The first kappa shape index (κ1) is 15.8. The molecule has 0 saturated carbocycles. The molecular formula is C15H23Cl2N. The van der Waals surface area contributed by atoms with Crippen LogP contribution in [0.4, 0.5) is 0 Å². The fraction of sp³-hybridized carbons (Fsp3) is 0.600. The first-order valence-corrected chi connectivity index (χ1v) is 7.51. The van der Waals surface area contributed by atoms with Crippen LogP contribution in [0.1, 0.15) is 45.1 Å². The highest BCUT2D eigenvalue weighted by Crippen LogP contribution is 2.31. The first-order valence-electron chi connectivity index (χ1n) is 6.75. The lowest BCUT2D eigenvalue weighted by Crippen LogP contribution is -2.25. The highest BCUT2D eigenvalue weighted by molar-refractivity contribution is 6.42. The zero-order valence-corrected chi connectivity index (χ0v) is 13.0. The molecule has 18 heavy (non-hydrogen) atoms. The van der Waals surface area contributed by atoms with Gasteiger partial charge in [0.2, 0.25) is 0 Å². The third-order valence-corrected chi connectivity index (χ3v) is 4.16. The number of halogens is 2. The normalized spacial score (nSPS) is 14.5. The van der Waals surface area contributed by atoms with Crippen molar-refractivity contribution in [1.29, 1.82) is 0 Å². The highest BCUT2D eigenvalue weighted by atomic mass is 35.5. The van der Waals surface area contributed by atoms with Gasteiger partial charge in [-0.05, 0) is 36.1 Å². The molecule has 0 radical (unpaired) electrons. The third kappa shape index (κ3) is 4.46. The van der Waals surface area contributed by atoms with Crippen LogP contribution in [0, 0.1) is 5.92 Å². The predicted octanol–water partition coefficient (Wildman–Crippen LogP) is 5.12. The van der Waals surface area contributed by atoms with Crippen molar-refractivity contribution in [3.05, 3.63) is 33.8 Å². The summed E-state index contributed by atoms with van der Waals surface area (Å²) in [7, 11) is 0. The standard InChI is InChI=1S/C15H23Cl2N/c1-4-6-11(3)13(10-18-5-2)12-7-8-14(16)15(17)9-12/h7-9,11,13,18H,4-6,10H2,1-3H3. The summed E-state index contributed by atoms with van der Waals surface area (Å²) < 4.78 is 0. The molecule has 0 aliphatic rings. The van der Waals surface area contributed by atoms with Crippen LogP contribution in [0.2, 0.25) is 10.0 Å². The molecule has 1 aromatic carbocycles. The van der Waals surface area contributed by atoms with Crippen LogP contribution in [-0.4, -0.2) is 13.1 Å². The molecule has 0 aliphatic heterocycles. The van der Waals surface area contributed by atoms with E-state index in [1.165, 1.54) is 18.4 Å². The lowest BCUT2D eigenvalue weighted by Gasteiger charge is -2.25. The van der Waals surface area contributed by atoms with Gasteiger partial charge in [0.15, 0.2) is 0 Å². The van der Waals surface area contributed by atoms with Crippen LogP contribution in [0.5, 0.6) is 0 Å². The molecule has 0 aromatic heterocycles. The second-order valence-corrected chi connectivity index (χ2v) is 5.67. The Balaban J connectivity index is 2.89. The van der Waals surface area contributed by atoms with Crippen molar-refractivity contribution in [3.8, 4) is 0 Å². The minimum atomic E-state index is 0.500. The van der Waals surface area contributed by atoms with E-state index in [1.54, 1.807) is 0 Å². The van der Waals surface area contributed by atoms with Crippen LogP contribution in [0.15, 0.2) is 18.2 Å². The van der Waals surface area contributed by atoms with Gasteiger partial charge in [0.05, 0.1) is 10.0 Å². The Labute approximate surface area is 121 Å². The van der Waals surface area contributed by atoms with E-state index >= 15 is 0 Å². The van der Waals surface area contributed by atoms with Gasteiger partial charge in [-0.25, -0.2) is 0 Å². The van der Waals surface area contributed by atoms with E-state index in [1.807, 2.05) is 12.1 Å². The Kier molecular flexibility index (Phi) is 7.06. The summed E-state index contributed by atoms with van der Waals surface area (Å²) in [5.41, 5.74) is 1.28. The zero-order valence-electron chi connectivity index (χ0n) is 11.5. The smallest absolute Gasteiger partial charge is 0.0595 e. The Hall–Kier alpha value is -0.240. The maximum atomic E-state index is 6.12. The van der Waals surface area contributed by atoms with Gasteiger partial charge in [0.1, 0.15) is 0 Å². The van der Waals surface area contributed by atoms with Crippen molar-refractivity contribution >= 4 is 23.2 Å². The van der Waals surface area contributed by atoms with E-state index in [-0.39, 0.29) is 0 Å². The molecule has 0 saturated heterocycles. The van der Waals surface area contributed by atoms with Gasteiger partial charge in [-0.15, -0.1) is 0 Å². The second kappa shape index (κ2) is 8.04. The largest absolute Gasteiger partial charge is 0.316 e. The van der Waals surface area contributed by atoms with Crippen LogP contribution >= 0.6 is 23.2 Å². The van der Waals surface area contributed by atoms with Crippen LogP contribution in [0.25, 0.3) is 0 Å². The summed E-state index contributed by atoms with van der Waals surface area (Å²) in [5.74, 6) is 1.14. The topological polar surface area (TPSA) is 12.0 Å². The lowest BCUT2D eigenvalue weighted by atomic mass is 9.84. The molecule has 0 spiro atoms. The van der Waals surface area contributed by atoms with Gasteiger partial charge < -0.3 is 5.32 Å². The number of benzene rings is 1. The third-order valence-electron chi connectivity index (χ3n) is 3.42. The molecule has 3 heteroatoms. The zero-order chi connectivity index (χ0) is 13.5. The summed E-state index contributed by atoms with van der Waals surface area (Å²) in [5, 5.41) is 4.73. The quantitative estimate of drug-likeness (QED) is 0.734. The SMILES string of the molecule is CCCC(C)C(CNCC)c1ccc(Cl)c(Cl)c1. The molecule has 0 bridgehead atoms. The molecule has 0 heterocycles. The molecule has 1 aromatic rings. The highest BCUT2D eigenvalue weighted by Gasteiger charge is 2.19. The number of hydrogen-bond acceptors (Lipinski definition) is 1. The van der Waals surface area contributed by atoms with E-state index < -0.39 is 0 Å². The summed E-state index contributed by atoms with van der Waals surface area (Å²) in [6.07, 6.45) is 2.45. The minimum Gasteiger partial charge on any atom is -0.316 e. The van der Waals surface area contributed by atoms with Crippen LogP contribution in [0.3, 0.4) is 0 Å². The van der Waals surface area contributed by atoms with Crippen molar-refractivity contribution in [2.45, 2.75) is 39.5 Å². The van der Waals surface area contributed by atoms with E-state index in [4.69, 9.17) is 23.2 Å². The Morgan fingerprint density at radius 3 is 2.44 bits per heavy atom. The van der Waals surface area contributed by atoms with Gasteiger partial charge in [-0.3, -0.25) is 0 Å². The molecular weight excluding hydrogens is 265 g/mol. The van der Waals surface area contributed by atoms with Crippen LogP contribution < -0.4 is 5.32 Å². The summed E-state index contributed by atoms with van der Waals surface area (Å²) in [4.78, 5) is 0. The molecule has 1 rings (SSSR count). The van der Waals surface area contributed by atoms with Crippen molar-refractivity contribution in [2.75, 3.05) is 13.1 Å². The summed E-state index contributed by atoms with van der Waals surface area (Å²) in [6, 6.07) is 6.01. The van der Waals surface area contributed by atoms with E-state index in [9.17, 15) is 0 Å². The summed E-state index contributed by atoms with van der Waals surface area (Å²) in [6.45, 7) is 8.67. The molecule has 0 fully saturated rings. The van der Waals surface area contributed by atoms with Gasteiger partial charge in [0, 0.05) is 6.54 Å². The fourth-order valence-electron chi connectivity index (χ4n) is 2.35. The van der Waals surface area contributed by atoms with Crippen molar-refractivity contribution in [3.63, 3.8) is 0 Å². The molecule has 2 unspecified atom stereocenters. The average molecular weight is 288 g/mol. The van der Waals surface area contributed by atoms with Crippen molar-refractivity contribution in [2.24, 2.45) is 5.92 Å². The monoisotopic (exact) mass is 287 g/mol. The average Bonchev–Trinajstić information content (AvgIpc) is 2.34. The number of likely N-dealkylation sites (N-methyl/N-ethyl adjacent to an activating group) is 1. The number of hydrogen-bond donors (Lipinski definition) is 1. The Bertz CT molecular complexity index is 366. The molecule has 2 atom stereocenters. The number of rotatable bonds is 7. The van der Waals surface area contributed by atoms with Gasteiger partial charge in [-0.1, -0.05) is 62.9 Å². The summed E-state index contributed by atoms with van der Waals surface area (Å²) >= 11 is 12.1. The first-order chi connectivity index (χ1) is 8.60. The van der Waals surface area contributed by atoms with E-state index in [0.717, 1.165) is 13.1 Å². The molecule has 0 amide bonds. The molecule has 102 valence electrons. The van der Waals surface area contributed by atoms with Gasteiger partial charge in [-0.2, -0.15) is 0 Å². The Morgan fingerprint density at radius 2 is 1.89 bits per heavy atom. The fourth-order valence-corrected chi connectivity index (χ4v) is 2.65. The number of nitrogens with one attached hydrogen (secondary N) is 1. The molecule has 0 aliphatic carbocycles. The maximum Gasteiger partial charge on any atom is 0.0595 e. The second-order valence-electron chi connectivity index (χ2n) is 4.85. The Morgan fingerprint density at radius 1 is 1.17 bits per heavy atom. The molecule has 1 N–H and O–H groups in total. The van der Waals surface area contributed by atoms with Gasteiger partial charge in [0.25, 0.3) is 0 Å². The van der Waals surface area contributed by atoms with Crippen LogP contribution in [-0.2, 0) is 0 Å². The lowest BCUT2D eigenvalue weighted by molar-refractivity contribution is 0.407. The van der Waals surface area contributed by atoms with E-state index in [2.05, 4.69) is 32.2 Å².